The van der Waals surface area contributed by atoms with E-state index in [0.717, 1.165) is 25.1 Å². The highest BCUT2D eigenvalue weighted by atomic mass is 19.3. The SMILES string of the molecule is CC1(CN)CCN(CC(=O)NCc2ccc(OC(F)F)cc2)C1. The van der Waals surface area contributed by atoms with Crippen molar-refractivity contribution in [2.24, 2.45) is 11.1 Å². The van der Waals surface area contributed by atoms with Gasteiger partial charge >= 0.3 is 6.61 Å². The molecule has 1 heterocycles. The van der Waals surface area contributed by atoms with Gasteiger partial charge in [-0.25, -0.2) is 0 Å². The zero-order valence-electron chi connectivity index (χ0n) is 13.2. The largest absolute Gasteiger partial charge is 0.435 e. The maximum atomic E-state index is 12.1. The van der Waals surface area contributed by atoms with Gasteiger partial charge in [-0.15, -0.1) is 0 Å². The molecule has 0 aromatic heterocycles. The number of rotatable bonds is 7. The van der Waals surface area contributed by atoms with Crippen molar-refractivity contribution in [2.75, 3.05) is 26.2 Å². The summed E-state index contributed by atoms with van der Waals surface area (Å²) in [7, 11) is 0. The lowest BCUT2D eigenvalue weighted by Crippen LogP contribution is -2.38. The summed E-state index contributed by atoms with van der Waals surface area (Å²) in [5.41, 5.74) is 6.68. The molecule has 128 valence electrons. The minimum atomic E-state index is -2.83. The van der Waals surface area contributed by atoms with Gasteiger partial charge in [-0.2, -0.15) is 8.78 Å². The Morgan fingerprint density at radius 1 is 1.43 bits per heavy atom. The molecule has 1 aliphatic rings. The fraction of sp³-hybridized carbons (Fsp3) is 0.562. The summed E-state index contributed by atoms with van der Waals surface area (Å²) >= 11 is 0. The van der Waals surface area contributed by atoms with E-state index in [2.05, 4.69) is 21.9 Å². The van der Waals surface area contributed by atoms with Crippen LogP contribution in [0.15, 0.2) is 24.3 Å². The Bertz CT molecular complexity index is 525. The van der Waals surface area contributed by atoms with Gasteiger partial charge in [0.2, 0.25) is 5.91 Å². The topological polar surface area (TPSA) is 67.6 Å². The van der Waals surface area contributed by atoms with Crippen LogP contribution in [0, 0.1) is 5.41 Å². The van der Waals surface area contributed by atoms with Crippen LogP contribution in [-0.2, 0) is 11.3 Å². The van der Waals surface area contributed by atoms with Crippen LogP contribution in [0.1, 0.15) is 18.9 Å². The van der Waals surface area contributed by atoms with Crippen LogP contribution in [0.25, 0.3) is 0 Å². The van der Waals surface area contributed by atoms with Gasteiger partial charge in [0.15, 0.2) is 0 Å². The van der Waals surface area contributed by atoms with Crippen molar-refractivity contribution in [2.45, 2.75) is 26.5 Å². The van der Waals surface area contributed by atoms with Crippen LogP contribution in [-0.4, -0.2) is 43.6 Å². The van der Waals surface area contributed by atoms with Crippen LogP contribution in [0.5, 0.6) is 5.75 Å². The monoisotopic (exact) mass is 327 g/mol. The third-order valence-electron chi connectivity index (χ3n) is 4.14. The van der Waals surface area contributed by atoms with E-state index in [4.69, 9.17) is 5.73 Å². The van der Waals surface area contributed by atoms with E-state index in [1.54, 1.807) is 12.1 Å². The van der Waals surface area contributed by atoms with E-state index in [-0.39, 0.29) is 17.1 Å². The first-order valence-corrected chi connectivity index (χ1v) is 7.63. The average molecular weight is 327 g/mol. The lowest BCUT2D eigenvalue weighted by Gasteiger charge is -2.22. The Hall–Kier alpha value is -1.73. The zero-order valence-corrected chi connectivity index (χ0v) is 13.2. The second kappa shape index (κ2) is 7.70. The minimum absolute atomic E-state index is 0.0563. The number of nitrogens with zero attached hydrogens (tertiary/aromatic N) is 1. The van der Waals surface area contributed by atoms with Crippen molar-refractivity contribution in [1.82, 2.24) is 10.2 Å². The molecule has 0 radical (unpaired) electrons. The molecular weight excluding hydrogens is 304 g/mol. The zero-order chi connectivity index (χ0) is 16.9. The number of carbonyl (C=O) groups is 1. The third-order valence-corrected chi connectivity index (χ3v) is 4.14. The van der Waals surface area contributed by atoms with E-state index < -0.39 is 6.61 Å². The van der Waals surface area contributed by atoms with Gasteiger partial charge in [0.25, 0.3) is 0 Å². The van der Waals surface area contributed by atoms with Gasteiger partial charge in [-0.05, 0) is 42.6 Å². The molecule has 2 rings (SSSR count). The molecule has 1 aromatic carbocycles. The second-order valence-electron chi connectivity index (χ2n) is 6.27. The molecule has 1 fully saturated rings. The normalized spacial score (nSPS) is 21.6. The van der Waals surface area contributed by atoms with Gasteiger partial charge in [-0.3, -0.25) is 9.69 Å². The molecule has 7 heteroatoms. The molecule has 0 spiro atoms. The van der Waals surface area contributed by atoms with Crippen molar-refractivity contribution < 1.29 is 18.3 Å². The number of carbonyl (C=O) groups excluding carboxylic acids is 1. The first-order chi connectivity index (χ1) is 10.9. The first kappa shape index (κ1) is 17.6. The van der Waals surface area contributed by atoms with E-state index in [1.165, 1.54) is 12.1 Å². The molecule has 1 aromatic rings. The van der Waals surface area contributed by atoms with E-state index in [9.17, 15) is 13.6 Å². The number of hydrogen-bond acceptors (Lipinski definition) is 4. The number of likely N-dealkylation sites (tertiary alicyclic amines) is 1. The van der Waals surface area contributed by atoms with Crippen molar-refractivity contribution in [3.05, 3.63) is 29.8 Å². The third kappa shape index (κ3) is 5.44. The molecule has 1 aliphatic heterocycles. The number of alkyl halides is 2. The summed E-state index contributed by atoms with van der Waals surface area (Å²) in [6.45, 7) is 2.33. The van der Waals surface area contributed by atoms with Crippen molar-refractivity contribution >= 4 is 5.91 Å². The van der Waals surface area contributed by atoms with Crippen LogP contribution in [0.3, 0.4) is 0 Å². The molecule has 0 bridgehead atoms. The van der Waals surface area contributed by atoms with Crippen molar-refractivity contribution in [1.29, 1.82) is 0 Å². The summed E-state index contributed by atoms with van der Waals surface area (Å²) in [4.78, 5) is 14.1. The quantitative estimate of drug-likeness (QED) is 0.798. The van der Waals surface area contributed by atoms with Crippen LogP contribution in [0.2, 0.25) is 0 Å². The van der Waals surface area contributed by atoms with Gasteiger partial charge in [0.05, 0.1) is 6.54 Å². The van der Waals surface area contributed by atoms with Gasteiger partial charge in [0, 0.05) is 13.1 Å². The fourth-order valence-corrected chi connectivity index (χ4v) is 2.68. The van der Waals surface area contributed by atoms with Crippen LogP contribution >= 0.6 is 0 Å². The number of ether oxygens (including phenoxy) is 1. The first-order valence-electron chi connectivity index (χ1n) is 7.63. The maximum Gasteiger partial charge on any atom is 0.387 e. The van der Waals surface area contributed by atoms with E-state index in [1.807, 2.05) is 0 Å². The lowest BCUT2D eigenvalue weighted by molar-refractivity contribution is -0.122. The molecule has 3 N–H and O–H groups in total. The smallest absolute Gasteiger partial charge is 0.387 e. The molecule has 1 unspecified atom stereocenters. The number of halogens is 2. The molecule has 1 saturated heterocycles. The molecule has 1 amide bonds. The summed E-state index contributed by atoms with van der Waals surface area (Å²) < 4.78 is 28.4. The van der Waals surface area contributed by atoms with E-state index >= 15 is 0 Å². The number of nitrogens with two attached hydrogens (primary N) is 1. The Kier molecular flexibility index (Phi) is 5.90. The number of benzene rings is 1. The average Bonchev–Trinajstić information content (AvgIpc) is 2.88. The highest BCUT2D eigenvalue weighted by molar-refractivity contribution is 5.78. The highest BCUT2D eigenvalue weighted by Gasteiger charge is 2.32. The molecule has 1 atom stereocenters. The Morgan fingerprint density at radius 3 is 2.70 bits per heavy atom. The summed E-state index contributed by atoms with van der Waals surface area (Å²) in [5.74, 6) is 0.0485. The fourth-order valence-electron chi connectivity index (χ4n) is 2.68. The second-order valence-corrected chi connectivity index (χ2v) is 6.27. The van der Waals surface area contributed by atoms with Gasteiger partial charge < -0.3 is 15.8 Å². The lowest BCUT2D eigenvalue weighted by atomic mass is 9.90. The standard InChI is InChI=1S/C16H23F2N3O2/c1-16(10-19)6-7-21(11-16)9-14(22)20-8-12-2-4-13(5-3-12)23-15(17)18/h2-5,15H,6-11,19H2,1H3,(H,20,22). The number of nitrogens with one attached hydrogen (secondary N) is 1. The predicted octanol–water partition coefficient (Wildman–Crippen LogP) is 1.57. The Labute approximate surface area is 134 Å². The van der Waals surface area contributed by atoms with Crippen molar-refractivity contribution in [3.63, 3.8) is 0 Å². The summed E-state index contributed by atoms with van der Waals surface area (Å²) in [6, 6.07) is 6.22. The van der Waals surface area contributed by atoms with Gasteiger partial charge in [-0.1, -0.05) is 19.1 Å². The molecule has 23 heavy (non-hydrogen) atoms. The maximum absolute atomic E-state index is 12.1. The van der Waals surface area contributed by atoms with Gasteiger partial charge in [0.1, 0.15) is 5.75 Å². The highest BCUT2D eigenvalue weighted by Crippen LogP contribution is 2.27. The van der Waals surface area contributed by atoms with Crippen LogP contribution in [0.4, 0.5) is 8.78 Å². The molecule has 0 saturated carbocycles. The van der Waals surface area contributed by atoms with Crippen LogP contribution < -0.4 is 15.8 Å². The molecular formula is C16H23F2N3O2. The number of amides is 1. The van der Waals surface area contributed by atoms with Crippen molar-refractivity contribution in [3.8, 4) is 5.75 Å². The minimum Gasteiger partial charge on any atom is -0.435 e. The summed E-state index contributed by atoms with van der Waals surface area (Å²) in [5, 5.41) is 2.83. The molecule has 0 aliphatic carbocycles. The number of hydrogen-bond donors (Lipinski definition) is 2. The Balaban J connectivity index is 1.74. The summed E-state index contributed by atoms with van der Waals surface area (Å²) in [6.07, 6.45) is 1.00. The molecule has 5 nitrogen and oxygen atoms in total. The Morgan fingerprint density at radius 2 is 2.13 bits per heavy atom. The predicted molar refractivity (Wildman–Crippen MR) is 83.1 cm³/mol. The van der Waals surface area contributed by atoms with E-state index in [0.29, 0.717) is 19.6 Å².